The number of aliphatic hydroxyl groups excluding tert-OH is 1. The van der Waals surface area contributed by atoms with Crippen molar-refractivity contribution in [1.29, 1.82) is 0 Å². The molecule has 35 heavy (non-hydrogen) atoms. The number of hydrogen-bond donors (Lipinski definition) is 2. The molecule has 7 nitrogen and oxygen atoms in total. The molecular formula is C28H39NO6. The van der Waals surface area contributed by atoms with E-state index >= 15 is 0 Å². The molecule has 7 heteroatoms. The predicted octanol–water partition coefficient (Wildman–Crippen LogP) is 4.17. The van der Waals surface area contributed by atoms with Crippen LogP contribution in [-0.2, 0) is 31.8 Å². The van der Waals surface area contributed by atoms with Crippen LogP contribution < -0.4 is 5.32 Å². The monoisotopic (exact) mass is 485 g/mol. The number of carbonyl (C=O) groups is 2. The van der Waals surface area contributed by atoms with Gasteiger partial charge in [-0.3, -0.25) is 0 Å². The van der Waals surface area contributed by atoms with E-state index < -0.39 is 29.8 Å². The molecule has 2 N–H and O–H groups in total. The van der Waals surface area contributed by atoms with Gasteiger partial charge in [0.25, 0.3) is 0 Å². The van der Waals surface area contributed by atoms with Crippen molar-refractivity contribution in [1.82, 2.24) is 5.32 Å². The maximum absolute atomic E-state index is 12.3. The van der Waals surface area contributed by atoms with Gasteiger partial charge in [-0.2, -0.15) is 0 Å². The van der Waals surface area contributed by atoms with Crippen LogP contribution in [-0.4, -0.2) is 55.2 Å². The van der Waals surface area contributed by atoms with Gasteiger partial charge in [0.15, 0.2) is 6.04 Å². The third-order valence-electron chi connectivity index (χ3n) is 5.67. The molecule has 0 saturated heterocycles. The average molecular weight is 486 g/mol. The van der Waals surface area contributed by atoms with Gasteiger partial charge in [-0.1, -0.05) is 60.7 Å². The fourth-order valence-corrected chi connectivity index (χ4v) is 3.97. The Morgan fingerprint density at radius 3 is 1.94 bits per heavy atom. The number of benzene rings is 2. The zero-order valence-electron chi connectivity index (χ0n) is 21.4. The van der Waals surface area contributed by atoms with E-state index in [4.69, 9.17) is 14.2 Å². The Morgan fingerprint density at radius 1 is 0.914 bits per heavy atom. The summed E-state index contributed by atoms with van der Waals surface area (Å²) in [6, 6.07) is 19.1. The van der Waals surface area contributed by atoms with E-state index in [1.54, 1.807) is 27.7 Å². The van der Waals surface area contributed by atoms with Crippen molar-refractivity contribution in [3.8, 4) is 0 Å². The molecule has 192 valence electrons. The molecule has 0 aliphatic rings. The van der Waals surface area contributed by atoms with Crippen LogP contribution in [0.5, 0.6) is 0 Å². The van der Waals surface area contributed by atoms with Crippen LogP contribution >= 0.6 is 0 Å². The number of alkyl carbamates (subject to hydrolysis) is 1. The molecule has 2 aromatic rings. The number of carbonyl (C=O) groups excluding carboxylic acids is 2. The molecule has 0 aromatic heterocycles. The Bertz CT molecular complexity index is 895. The van der Waals surface area contributed by atoms with Gasteiger partial charge in [0, 0.05) is 0 Å². The van der Waals surface area contributed by atoms with Crippen molar-refractivity contribution >= 4 is 12.1 Å². The number of amides is 1. The van der Waals surface area contributed by atoms with E-state index in [-0.39, 0.29) is 18.4 Å². The lowest BCUT2D eigenvalue weighted by Gasteiger charge is -2.30. The van der Waals surface area contributed by atoms with Crippen molar-refractivity contribution in [2.24, 2.45) is 11.8 Å². The highest BCUT2D eigenvalue weighted by molar-refractivity contribution is 5.81. The van der Waals surface area contributed by atoms with Gasteiger partial charge in [0.1, 0.15) is 5.60 Å². The third kappa shape index (κ3) is 10.5. The maximum Gasteiger partial charge on any atom is 0.408 e. The minimum Gasteiger partial charge on any atom is -0.467 e. The molecule has 2 aromatic carbocycles. The van der Waals surface area contributed by atoms with Crippen LogP contribution in [0.2, 0.25) is 0 Å². The topological polar surface area (TPSA) is 94.1 Å². The fourth-order valence-electron chi connectivity index (χ4n) is 3.97. The average Bonchev–Trinajstić information content (AvgIpc) is 2.80. The molecule has 1 amide bonds. The number of ether oxygens (including phenoxy) is 3. The van der Waals surface area contributed by atoms with E-state index in [0.717, 1.165) is 11.1 Å². The molecule has 0 bridgehead atoms. The minimum atomic E-state index is -1.01. The normalized spacial score (nSPS) is 14.9. The number of rotatable bonds is 12. The van der Waals surface area contributed by atoms with Crippen LogP contribution in [0.4, 0.5) is 4.79 Å². The number of nitrogens with one attached hydrogen (secondary N) is 1. The van der Waals surface area contributed by atoms with Gasteiger partial charge in [-0.15, -0.1) is 0 Å². The second-order valence-electron chi connectivity index (χ2n) is 9.80. The fraction of sp³-hybridized carbons (Fsp3) is 0.500. The summed E-state index contributed by atoms with van der Waals surface area (Å²) in [4.78, 5) is 24.4. The third-order valence-corrected chi connectivity index (χ3v) is 5.67. The molecule has 2 rings (SSSR count). The second kappa shape index (κ2) is 13.9. The van der Waals surface area contributed by atoms with Crippen molar-refractivity contribution in [2.75, 3.05) is 20.3 Å². The van der Waals surface area contributed by atoms with Gasteiger partial charge < -0.3 is 24.6 Å². The lowest BCUT2D eigenvalue weighted by molar-refractivity contribution is -0.145. The molecule has 0 radical (unpaired) electrons. The summed E-state index contributed by atoms with van der Waals surface area (Å²) in [7, 11) is 1.26. The highest BCUT2D eigenvalue weighted by atomic mass is 16.6. The molecule has 0 aliphatic carbocycles. The largest absolute Gasteiger partial charge is 0.467 e. The molecule has 0 fully saturated rings. The highest BCUT2D eigenvalue weighted by Gasteiger charge is 2.29. The molecule has 1 unspecified atom stereocenters. The Morgan fingerprint density at radius 2 is 1.46 bits per heavy atom. The first-order valence-electron chi connectivity index (χ1n) is 12.0. The van der Waals surface area contributed by atoms with Crippen molar-refractivity contribution in [3.63, 3.8) is 0 Å². The molecular weight excluding hydrogens is 446 g/mol. The standard InChI is InChI=1S/C28H39NO6/c1-20(30)24(17-22-14-10-7-11-15-22)23(16-21-12-8-6-9-13-21)18-34-19-25(26(31)33-5)29-27(32)35-28(2,3)4/h6-15,20,23-25,30H,16-19H2,1-5H3,(H,29,32)/t20-,23+,24+,25?/m1/s1. The van der Waals surface area contributed by atoms with Gasteiger partial charge in [0.2, 0.25) is 0 Å². The summed E-state index contributed by atoms with van der Waals surface area (Å²) >= 11 is 0. The number of aliphatic hydroxyl groups is 1. The number of methoxy groups -OCH3 is 1. The molecule has 0 aliphatic heterocycles. The van der Waals surface area contributed by atoms with E-state index in [1.807, 2.05) is 48.5 Å². The van der Waals surface area contributed by atoms with E-state index in [1.165, 1.54) is 7.11 Å². The van der Waals surface area contributed by atoms with E-state index in [0.29, 0.717) is 19.4 Å². The van der Waals surface area contributed by atoms with Crippen molar-refractivity contribution in [3.05, 3.63) is 71.8 Å². The summed E-state index contributed by atoms with van der Waals surface area (Å²) in [5.74, 6) is -0.725. The summed E-state index contributed by atoms with van der Waals surface area (Å²) in [5, 5.41) is 13.2. The summed E-state index contributed by atoms with van der Waals surface area (Å²) in [6.45, 7) is 7.25. The van der Waals surface area contributed by atoms with E-state index in [9.17, 15) is 14.7 Å². The molecule has 0 spiro atoms. The summed E-state index contributed by atoms with van der Waals surface area (Å²) < 4.78 is 16.1. The van der Waals surface area contributed by atoms with Gasteiger partial charge >= 0.3 is 12.1 Å². The Kier molecular flexibility index (Phi) is 11.2. The van der Waals surface area contributed by atoms with Crippen LogP contribution in [0.15, 0.2) is 60.7 Å². The van der Waals surface area contributed by atoms with Crippen LogP contribution in [0.1, 0.15) is 38.8 Å². The minimum absolute atomic E-state index is 0.0302. The first-order chi connectivity index (χ1) is 16.6. The molecule has 4 atom stereocenters. The predicted molar refractivity (Wildman–Crippen MR) is 135 cm³/mol. The zero-order valence-corrected chi connectivity index (χ0v) is 21.4. The quantitative estimate of drug-likeness (QED) is 0.438. The summed E-state index contributed by atoms with van der Waals surface area (Å²) in [6.07, 6.45) is 0.105. The number of hydrogen-bond acceptors (Lipinski definition) is 6. The summed E-state index contributed by atoms with van der Waals surface area (Å²) in [5.41, 5.74) is 1.57. The molecule has 0 saturated carbocycles. The number of esters is 1. The van der Waals surface area contributed by atoms with Gasteiger partial charge in [-0.05, 0) is 63.5 Å². The Balaban J connectivity index is 2.13. The Hall–Kier alpha value is -2.90. The lowest BCUT2D eigenvalue weighted by atomic mass is 9.80. The van der Waals surface area contributed by atoms with Crippen molar-refractivity contribution < 1.29 is 28.9 Å². The van der Waals surface area contributed by atoms with Crippen LogP contribution in [0.25, 0.3) is 0 Å². The first kappa shape index (κ1) is 28.3. The van der Waals surface area contributed by atoms with Crippen LogP contribution in [0.3, 0.4) is 0 Å². The lowest BCUT2D eigenvalue weighted by Crippen LogP contribution is -2.47. The smallest absolute Gasteiger partial charge is 0.408 e. The maximum atomic E-state index is 12.3. The van der Waals surface area contributed by atoms with Crippen LogP contribution in [0, 0.1) is 11.8 Å². The van der Waals surface area contributed by atoms with Gasteiger partial charge in [0.05, 0.1) is 26.4 Å². The van der Waals surface area contributed by atoms with Gasteiger partial charge in [-0.25, -0.2) is 9.59 Å². The Labute approximate surface area is 208 Å². The van der Waals surface area contributed by atoms with E-state index in [2.05, 4.69) is 17.4 Å². The SMILES string of the molecule is COC(=O)C(COC[C@H](Cc1ccccc1)[C@@H](Cc1ccccc1)[C@@H](C)O)NC(=O)OC(C)(C)C. The molecule has 0 heterocycles. The second-order valence-corrected chi connectivity index (χ2v) is 9.80. The highest BCUT2D eigenvalue weighted by Crippen LogP contribution is 2.26. The van der Waals surface area contributed by atoms with Crippen molar-refractivity contribution in [2.45, 2.75) is 58.3 Å². The first-order valence-corrected chi connectivity index (χ1v) is 12.0. The zero-order chi connectivity index (χ0) is 25.8.